The Labute approximate surface area is 131 Å². The van der Waals surface area contributed by atoms with Crippen molar-refractivity contribution in [2.45, 2.75) is 52.2 Å². The molecule has 6 heteroatoms. The first-order chi connectivity index (χ1) is 10.6. The number of hydrogen-bond acceptors (Lipinski definition) is 4. The van der Waals surface area contributed by atoms with Crippen LogP contribution in [0.2, 0.25) is 0 Å². The minimum Gasteiger partial charge on any atom is -0.394 e. The van der Waals surface area contributed by atoms with E-state index in [-0.39, 0.29) is 6.61 Å². The van der Waals surface area contributed by atoms with E-state index in [1.165, 1.54) is 23.2 Å². The number of aliphatic hydroxyl groups excluding tert-OH is 1. The lowest BCUT2D eigenvalue weighted by Gasteiger charge is -2.24. The summed E-state index contributed by atoms with van der Waals surface area (Å²) >= 11 is 0. The molecule has 0 bridgehead atoms. The van der Waals surface area contributed by atoms with Crippen LogP contribution in [0.5, 0.6) is 0 Å². The molecule has 2 aromatic rings. The van der Waals surface area contributed by atoms with E-state index in [1.54, 1.807) is 0 Å². The molecule has 1 aliphatic carbocycles. The molecular formula is C16H25N5O. The summed E-state index contributed by atoms with van der Waals surface area (Å²) in [5.74, 6) is 0. The highest BCUT2D eigenvalue weighted by Crippen LogP contribution is 2.29. The lowest BCUT2D eigenvalue weighted by atomic mass is 9.93. The van der Waals surface area contributed by atoms with E-state index in [4.69, 9.17) is 5.11 Å². The number of nitrogens with zero attached hydrogens (tertiary/aromatic N) is 4. The average Bonchev–Trinajstić information content (AvgIpc) is 3.00. The Bertz CT molecular complexity index is 658. The second-order valence-electron chi connectivity index (χ2n) is 6.09. The van der Waals surface area contributed by atoms with Crippen LogP contribution in [0.25, 0.3) is 0 Å². The third kappa shape index (κ3) is 2.68. The van der Waals surface area contributed by atoms with Crippen molar-refractivity contribution in [1.29, 1.82) is 0 Å². The maximum atomic E-state index is 9.10. The fourth-order valence-corrected chi connectivity index (χ4v) is 3.45. The summed E-state index contributed by atoms with van der Waals surface area (Å²) in [6.07, 6.45) is 5.48. The van der Waals surface area contributed by atoms with Gasteiger partial charge in [-0.1, -0.05) is 0 Å². The molecule has 0 saturated carbocycles. The number of hydrogen-bond donors (Lipinski definition) is 2. The van der Waals surface area contributed by atoms with Crippen molar-refractivity contribution in [3.05, 3.63) is 34.4 Å². The van der Waals surface area contributed by atoms with Crippen LogP contribution in [-0.4, -0.2) is 31.3 Å². The van der Waals surface area contributed by atoms with Crippen molar-refractivity contribution in [1.82, 2.24) is 24.9 Å². The second-order valence-corrected chi connectivity index (χ2v) is 6.09. The SMILES string of the molecule is Cc1nn(CCO)c(C)c1CN[C@@H]1CCCc2c1cnn2C. The third-order valence-electron chi connectivity index (χ3n) is 4.74. The molecule has 0 unspecified atom stereocenters. The maximum absolute atomic E-state index is 9.10. The van der Waals surface area contributed by atoms with Gasteiger partial charge in [0.15, 0.2) is 0 Å². The minimum atomic E-state index is 0.122. The minimum absolute atomic E-state index is 0.122. The van der Waals surface area contributed by atoms with Crippen LogP contribution in [0, 0.1) is 13.8 Å². The summed E-state index contributed by atoms with van der Waals surface area (Å²) in [5.41, 5.74) is 6.12. The Kier molecular flexibility index (Phi) is 4.31. The topological polar surface area (TPSA) is 67.9 Å². The molecule has 0 fully saturated rings. The molecule has 3 rings (SSSR count). The monoisotopic (exact) mass is 303 g/mol. The van der Waals surface area contributed by atoms with Gasteiger partial charge in [-0.3, -0.25) is 9.36 Å². The molecule has 22 heavy (non-hydrogen) atoms. The van der Waals surface area contributed by atoms with Crippen LogP contribution in [0.1, 0.15) is 47.1 Å². The summed E-state index contributed by atoms with van der Waals surface area (Å²) < 4.78 is 3.89. The number of fused-ring (bicyclic) bond motifs is 1. The molecule has 120 valence electrons. The van der Waals surface area contributed by atoms with Crippen LogP contribution < -0.4 is 5.32 Å². The van der Waals surface area contributed by atoms with Crippen molar-refractivity contribution in [2.75, 3.05) is 6.61 Å². The first-order valence-corrected chi connectivity index (χ1v) is 7.99. The summed E-state index contributed by atoms with van der Waals surface area (Å²) in [7, 11) is 2.02. The smallest absolute Gasteiger partial charge is 0.0644 e. The van der Waals surface area contributed by atoms with E-state index in [0.29, 0.717) is 12.6 Å². The molecule has 0 spiro atoms. The summed E-state index contributed by atoms with van der Waals surface area (Å²) in [5, 5.41) is 21.7. The zero-order valence-corrected chi connectivity index (χ0v) is 13.6. The van der Waals surface area contributed by atoms with E-state index in [9.17, 15) is 0 Å². The predicted octanol–water partition coefficient (Wildman–Crippen LogP) is 1.39. The van der Waals surface area contributed by atoms with E-state index in [1.807, 2.05) is 29.5 Å². The summed E-state index contributed by atoms with van der Waals surface area (Å²) in [6.45, 7) is 5.60. The molecule has 1 atom stereocenters. The van der Waals surface area contributed by atoms with Crippen molar-refractivity contribution in [3.63, 3.8) is 0 Å². The van der Waals surface area contributed by atoms with Crippen LogP contribution in [0.4, 0.5) is 0 Å². The average molecular weight is 303 g/mol. The zero-order chi connectivity index (χ0) is 15.7. The second kappa shape index (κ2) is 6.22. The first kappa shape index (κ1) is 15.2. The molecule has 2 heterocycles. The first-order valence-electron chi connectivity index (χ1n) is 7.99. The van der Waals surface area contributed by atoms with E-state index < -0.39 is 0 Å². The van der Waals surface area contributed by atoms with Gasteiger partial charge in [0.1, 0.15) is 0 Å². The number of aromatic nitrogens is 4. The van der Waals surface area contributed by atoms with E-state index in [2.05, 4.69) is 22.4 Å². The summed E-state index contributed by atoms with van der Waals surface area (Å²) in [6, 6.07) is 0.373. The van der Waals surface area contributed by atoms with E-state index in [0.717, 1.165) is 30.8 Å². The zero-order valence-electron chi connectivity index (χ0n) is 13.6. The number of rotatable bonds is 5. The molecule has 0 saturated heterocycles. The molecule has 0 aromatic carbocycles. The van der Waals surface area contributed by atoms with Gasteiger partial charge in [0.25, 0.3) is 0 Å². The highest BCUT2D eigenvalue weighted by atomic mass is 16.3. The van der Waals surface area contributed by atoms with Crippen LogP contribution in [-0.2, 0) is 26.6 Å². The van der Waals surface area contributed by atoms with E-state index >= 15 is 0 Å². The molecule has 6 nitrogen and oxygen atoms in total. The molecule has 1 aliphatic rings. The van der Waals surface area contributed by atoms with Crippen LogP contribution in [0.3, 0.4) is 0 Å². The van der Waals surface area contributed by atoms with Crippen molar-refractivity contribution < 1.29 is 5.11 Å². The van der Waals surface area contributed by atoms with Gasteiger partial charge in [0.05, 0.1) is 25.0 Å². The van der Waals surface area contributed by atoms with Gasteiger partial charge in [-0.05, 0) is 33.1 Å². The van der Waals surface area contributed by atoms with Crippen LogP contribution in [0.15, 0.2) is 6.20 Å². The summed E-state index contributed by atoms with van der Waals surface area (Å²) in [4.78, 5) is 0. The van der Waals surface area contributed by atoms with Gasteiger partial charge in [-0.25, -0.2) is 0 Å². The Morgan fingerprint density at radius 3 is 3.00 bits per heavy atom. The predicted molar refractivity (Wildman–Crippen MR) is 84.5 cm³/mol. The number of aliphatic hydroxyl groups is 1. The van der Waals surface area contributed by atoms with Crippen molar-refractivity contribution in [3.8, 4) is 0 Å². The third-order valence-corrected chi connectivity index (χ3v) is 4.74. The Morgan fingerprint density at radius 1 is 1.41 bits per heavy atom. The Morgan fingerprint density at radius 2 is 2.23 bits per heavy atom. The van der Waals surface area contributed by atoms with Gasteiger partial charge >= 0.3 is 0 Å². The van der Waals surface area contributed by atoms with Gasteiger partial charge in [0, 0.05) is 42.1 Å². The largest absolute Gasteiger partial charge is 0.394 e. The van der Waals surface area contributed by atoms with Gasteiger partial charge in [0.2, 0.25) is 0 Å². The Hall–Kier alpha value is -1.66. The molecule has 2 N–H and O–H groups in total. The maximum Gasteiger partial charge on any atom is 0.0644 e. The number of aryl methyl sites for hydroxylation is 2. The van der Waals surface area contributed by atoms with Gasteiger partial charge < -0.3 is 10.4 Å². The Balaban J connectivity index is 1.74. The number of nitrogens with one attached hydrogen (secondary N) is 1. The van der Waals surface area contributed by atoms with Crippen LogP contribution >= 0.6 is 0 Å². The molecule has 0 aliphatic heterocycles. The fraction of sp³-hybridized carbons (Fsp3) is 0.625. The molecular weight excluding hydrogens is 278 g/mol. The fourth-order valence-electron chi connectivity index (χ4n) is 3.45. The van der Waals surface area contributed by atoms with Gasteiger partial charge in [-0.2, -0.15) is 10.2 Å². The molecule has 0 amide bonds. The highest BCUT2D eigenvalue weighted by molar-refractivity contribution is 5.27. The standard InChI is InChI=1S/C16H25N5O/c1-11-13(12(2)21(19-11)7-8-22)9-17-15-5-4-6-16-14(15)10-18-20(16)3/h10,15,17,22H,4-9H2,1-3H3/t15-/m1/s1. The highest BCUT2D eigenvalue weighted by Gasteiger charge is 2.23. The van der Waals surface area contributed by atoms with Crippen molar-refractivity contribution in [2.24, 2.45) is 7.05 Å². The molecule has 2 aromatic heterocycles. The quantitative estimate of drug-likeness (QED) is 0.876. The molecule has 0 radical (unpaired) electrons. The van der Waals surface area contributed by atoms with Crippen molar-refractivity contribution >= 4 is 0 Å². The normalized spacial score (nSPS) is 17.7. The van der Waals surface area contributed by atoms with Gasteiger partial charge in [-0.15, -0.1) is 0 Å². The lowest BCUT2D eigenvalue weighted by molar-refractivity contribution is 0.267. The lowest BCUT2D eigenvalue weighted by Crippen LogP contribution is -2.25.